The molecule has 2 aliphatic rings. The smallest absolute Gasteiger partial charge is 0.129 e. The van der Waals surface area contributed by atoms with Crippen LogP contribution in [0.3, 0.4) is 0 Å². The van der Waals surface area contributed by atoms with Gasteiger partial charge in [-0.1, -0.05) is 24.3 Å². The highest BCUT2D eigenvalue weighted by Gasteiger charge is 2.25. The van der Waals surface area contributed by atoms with Crippen LogP contribution in [0.5, 0.6) is 0 Å². The van der Waals surface area contributed by atoms with Gasteiger partial charge in [0.25, 0.3) is 0 Å². The number of benzene rings is 1. The molecule has 1 saturated carbocycles. The quantitative estimate of drug-likeness (QED) is 0.642. The van der Waals surface area contributed by atoms with Crippen LogP contribution in [-0.4, -0.2) is 24.5 Å². The molecule has 0 radical (unpaired) electrons. The van der Waals surface area contributed by atoms with Gasteiger partial charge in [-0.15, -0.1) is 0 Å². The summed E-state index contributed by atoms with van der Waals surface area (Å²) in [4.78, 5) is 2.43. The molecule has 0 saturated heterocycles. The Balaban J connectivity index is 1.41. The summed E-state index contributed by atoms with van der Waals surface area (Å²) in [5.74, 6) is -0.176. The Hall–Kier alpha value is -1.48. The molecule has 3 rings (SSSR count). The van der Waals surface area contributed by atoms with Crippen molar-refractivity contribution in [3.05, 3.63) is 59.2 Å². The Kier molecular flexibility index (Phi) is 6.41. The number of allylic oxidation sites excluding steroid dienone is 4. The van der Waals surface area contributed by atoms with E-state index in [0.717, 1.165) is 24.9 Å². The van der Waals surface area contributed by atoms with Gasteiger partial charge in [-0.05, 0) is 88.1 Å². The molecule has 3 heteroatoms. The van der Waals surface area contributed by atoms with Crippen LogP contribution < -0.4 is 0 Å². The summed E-state index contributed by atoms with van der Waals surface area (Å²) in [6.07, 6.45) is 16.1. The maximum atomic E-state index is 13.7. The number of nitrogens with zero attached hydrogens (tertiary/aromatic N) is 1. The van der Waals surface area contributed by atoms with Crippen LogP contribution in [0.15, 0.2) is 42.0 Å². The maximum Gasteiger partial charge on any atom is 0.129 e. The number of halogens is 2. The zero-order valence-electron chi connectivity index (χ0n) is 15.2. The number of rotatable bonds is 6. The highest BCUT2D eigenvalue weighted by atomic mass is 19.1. The molecule has 1 nitrogen and oxygen atoms in total. The second kappa shape index (κ2) is 8.75. The Morgan fingerprint density at radius 1 is 1.08 bits per heavy atom. The van der Waals surface area contributed by atoms with Gasteiger partial charge in [-0.25, -0.2) is 8.78 Å². The summed E-state index contributed by atoms with van der Waals surface area (Å²) in [5, 5.41) is 0. The highest BCUT2D eigenvalue weighted by molar-refractivity contribution is 5.25. The molecule has 2 aliphatic carbocycles. The van der Waals surface area contributed by atoms with Gasteiger partial charge in [0.1, 0.15) is 11.6 Å². The molecule has 1 aromatic rings. The molecule has 0 unspecified atom stereocenters. The molecule has 1 aromatic carbocycles. The molecule has 1 fully saturated rings. The van der Waals surface area contributed by atoms with E-state index in [2.05, 4.69) is 30.2 Å². The van der Waals surface area contributed by atoms with Gasteiger partial charge in [0.05, 0.1) is 0 Å². The third kappa shape index (κ3) is 5.01. The Labute approximate surface area is 150 Å². The lowest BCUT2D eigenvalue weighted by molar-refractivity contribution is 0.173. The van der Waals surface area contributed by atoms with Crippen molar-refractivity contribution < 1.29 is 8.78 Å². The van der Waals surface area contributed by atoms with Crippen LogP contribution in [0.2, 0.25) is 0 Å². The molecule has 0 atom stereocenters. The monoisotopic (exact) mass is 345 g/mol. The van der Waals surface area contributed by atoms with Crippen molar-refractivity contribution in [2.24, 2.45) is 5.92 Å². The van der Waals surface area contributed by atoms with E-state index in [1.165, 1.54) is 44.6 Å². The fourth-order valence-corrected chi connectivity index (χ4v) is 4.21. The molecule has 0 aliphatic heterocycles. The second-order valence-electron chi connectivity index (χ2n) is 7.51. The number of hydrogen-bond acceptors (Lipinski definition) is 1. The first kappa shape index (κ1) is 18.3. The first-order chi connectivity index (χ1) is 12.1. The minimum Gasteiger partial charge on any atom is -0.303 e. The molecule has 0 heterocycles. The number of aryl methyl sites for hydroxylation is 1. The summed E-state index contributed by atoms with van der Waals surface area (Å²) < 4.78 is 26.6. The Morgan fingerprint density at radius 3 is 2.56 bits per heavy atom. The molecular weight excluding hydrogens is 316 g/mol. The summed E-state index contributed by atoms with van der Waals surface area (Å²) >= 11 is 0. The Morgan fingerprint density at radius 2 is 1.88 bits per heavy atom. The fourth-order valence-electron chi connectivity index (χ4n) is 4.21. The van der Waals surface area contributed by atoms with E-state index in [-0.39, 0.29) is 0 Å². The average molecular weight is 345 g/mol. The summed E-state index contributed by atoms with van der Waals surface area (Å²) in [5.41, 5.74) is 2.17. The van der Waals surface area contributed by atoms with Crippen molar-refractivity contribution in [3.63, 3.8) is 0 Å². The fraction of sp³-hybridized carbons (Fsp3) is 0.545. The average Bonchev–Trinajstić information content (AvgIpc) is 2.64. The van der Waals surface area contributed by atoms with Crippen molar-refractivity contribution in [1.29, 1.82) is 0 Å². The standard InChI is InChI=1S/C22H29F2N/c1-25(15-5-8-19-9-12-20(23)16-22(19)24)21-13-10-18(11-14-21)17-6-3-2-4-7-17/h3,6-7,9,12,16,18,21H,2,4-5,8,10-11,13-15H2,1H3. The Bertz CT molecular complexity index is 627. The van der Waals surface area contributed by atoms with E-state index in [9.17, 15) is 8.78 Å². The lowest BCUT2D eigenvalue weighted by atomic mass is 9.79. The van der Waals surface area contributed by atoms with Gasteiger partial charge in [-0.2, -0.15) is 0 Å². The van der Waals surface area contributed by atoms with Gasteiger partial charge < -0.3 is 4.90 Å². The molecule has 0 aromatic heterocycles. The normalized spacial score (nSPS) is 23.8. The third-order valence-corrected chi connectivity index (χ3v) is 5.79. The second-order valence-corrected chi connectivity index (χ2v) is 7.51. The van der Waals surface area contributed by atoms with E-state index in [1.54, 1.807) is 11.6 Å². The van der Waals surface area contributed by atoms with Crippen LogP contribution in [0.25, 0.3) is 0 Å². The van der Waals surface area contributed by atoms with Gasteiger partial charge in [-0.3, -0.25) is 0 Å². The van der Waals surface area contributed by atoms with E-state index < -0.39 is 11.6 Å². The zero-order valence-corrected chi connectivity index (χ0v) is 15.2. The van der Waals surface area contributed by atoms with Crippen LogP contribution >= 0.6 is 0 Å². The molecule has 25 heavy (non-hydrogen) atoms. The topological polar surface area (TPSA) is 3.24 Å². The SMILES string of the molecule is CN(CCCc1ccc(F)cc1F)C1CCC(C2=CCCC=C2)CC1. The molecule has 0 bridgehead atoms. The van der Waals surface area contributed by atoms with Crippen LogP contribution in [0.4, 0.5) is 8.78 Å². The van der Waals surface area contributed by atoms with Gasteiger partial charge in [0.2, 0.25) is 0 Å². The number of hydrogen-bond donors (Lipinski definition) is 0. The van der Waals surface area contributed by atoms with Crippen molar-refractivity contribution >= 4 is 0 Å². The van der Waals surface area contributed by atoms with Crippen LogP contribution in [-0.2, 0) is 6.42 Å². The predicted octanol–water partition coefficient (Wildman–Crippen LogP) is 5.66. The maximum absolute atomic E-state index is 13.7. The summed E-state index contributed by atoms with van der Waals surface area (Å²) in [6, 6.07) is 4.54. The van der Waals surface area contributed by atoms with E-state index in [0.29, 0.717) is 18.0 Å². The third-order valence-electron chi connectivity index (χ3n) is 5.79. The van der Waals surface area contributed by atoms with Crippen molar-refractivity contribution in [2.75, 3.05) is 13.6 Å². The molecule has 0 spiro atoms. The van der Waals surface area contributed by atoms with E-state index in [1.807, 2.05) is 0 Å². The van der Waals surface area contributed by atoms with Crippen LogP contribution in [0.1, 0.15) is 50.5 Å². The zero-order chi connectivity index (χ0) is 17.6. The van der Waals surface area contributed by atoms with Crippen molar-refractivity contribution in [1.82, 2.24) is 4.90 Å². The van der Waals surface area contributed by atoms with Gasteiger partial charge in [0, 0.05) is 12.1 Å². The van der Waals surface area contributed by atoms with Gasteiger partial charge >= 0.3 is 0 Å². The van der Waals surface area contributed by atoms with Gasteiger partial charge in [0.15, 0.2) is 0 Å². The largest absolute Gasteiger partial charge is 0.303 e. The van der Waals surface area contributed by atoms with E-state index in [4.69, 9.17) is 0 Å². The lowest BCUT2D eigenvalue weighted by Crippen LogP contribution is -2.36. The summed E-state index contributed by atoms with van der Waals surface area (Å²) in [7, 11) is 2.19. The molecule has 0 N–H and O–H groups in total. The highest BCUT2D eigenvalue weighted by Crippen LogP contribution is 2.34. The minimum absolute atomic E-state index is 0.419. The van der Waals surface area contributed by atoms with Crippen molar-refractivity contribution in [2.45, 2.75) is 57.4 Å². The first-order valence-corrected chi connectivity index (χ1v) is 9.64. The van der Waals surface area contributed by atoms with Crippen molar-refractivity contribution in [3.8, 4) is 0 Å². The molecule has 0 amide bonds. The first-order valence-electron chi connectivity index (χ1n) is 9.64. The van der Waals surface area contributed by atoms with E-state index >= 15 is 0 Å². The van der Waals surface area contributed by atoms with Crippen LogP contribution in [0, 0.1) is 17.6 Å². The lowest BCUT2D eigenvalue weighted by Gasteiger charge is -2.35. The summed E-state index contributed by atoms with van der Waals surface area (Å²) in [6.45, 7) is 0.967. The predicted molar refractivity (Wildman–Crippen MR) is 99.5 cm³/mol. The molecule has 136 valence electrons. The molecular formula is C22H29F2N. The minimum atomic E-state index is -0.502.